The van der Waals surface area contributed by atoms with Gasteiger partial charge in [0, 0.05) is 18.5 Å². The number of amides is 2. The third kappa shape index (κ3) is 7.34. The van der Waals surface area contributed by atoms with Crippen LogP contribution in [-0.2, 0) is 14.3 Å². The lowest BCUT2D eigenvalue weighted by Crippen LogP contribution is -2.37. The Bertz CT molecular complexity index is 579. The van der Waals surface area contributed by atoms with Gasteiger partial charge < -0.3 is 15.4 Å². The number of rotatable bonds is 8. The van der Waals surface area contributed by atoms with Crippen LogP contribution >= 0.6 is 23.2 Å². The fourth-order valence-electron chi connectivity index (χ4n) is 1.69. The van der Waals surface area contributed by atoms with Crippen molar-refractivity contribution in [2.45, 2.75) is 19.3 Å². The van der Waals surface area contributed by atoms with Crippen LogP contribution in [0.1, 0.15) is 29.6 Å². The molecule has 0 aliphatic heterocycles. The number of methoxy groups -OCH3 is 1. The van der Waals surface area contributed by atoms with Crippen LogP contribution in [0.3, 0.4) is 0 Å². The molecule has 0 fully saturated rings. The molecule has 0 atom stereocenters. The first-order valence-corrected chi connectivity index (χ1v) is 7.76. The van der Waals surface area contributed by atoms with Crippen molar-refractivity contribution in [1.82, 2.24) is 10.6 Å². The average Bonchev–Trinajstić information content (AvgIpc) is 2.54. The average molecular weight is 361 g/mol. The number of esters is 1. The zero-order valence-electron chi connectivity index (χ0n) is 12.7. The molecule has 0 aliphatic rings. The normalized spacial score (nSPS) is 10.0. The summed E-state index contributed by atoms with van der Waals surface area (Å²) in [4.78, 5) is 34.3. The standard InChI is InChI=1S/C15H18Cl2N2O4/c1-23-14(21)4-2-3-7-18-13(20)9-19-15(22)10-5-6-11(16)12(17)8-10/h5-6,8H,2-4,7,9H2,1H3,(H,18,20)(H,19,22). The predicted molar refractivity (Wildman–Crippen MR) is 87.7 cm³/mol. The minimum atomic E-state index is -0.413. The predicted octanol–water partition coefficient (Wildman–Crippen LogP) is 2.18. The Morgan fingerprint density at radius 2 is 1.83 bits per heavy atom. The Kier molecular flexibility index (Phi) is 8.43. The van der Waals surface area contributed by atoms with Crippen molar-refractivity contribution in [3.05, 3.63) is 33.8 Å². The van der Waals surface area contributed by atoms with Gasteiger partial charge in [-0.05, 0) is 31.0 Å². The molecule has 1 rings (SSSR count). The summed E-state index contributed by atoms with van der Waals surface area (Å²) in [6.07, 6.45) is 1.60. The van der Waals surface area contributed by atoms with E-state index < -0.39 is 5.91 Å². The molecule has 126 valence electrons. The van der Waals surface area contributed by atoms with Crippen LogP contribution in [0.2, 0.25) is 10.0 Å². The van der Waals surface area contributed by atoms with Gasteiger partial charge in [-0.25, -0.2) is 0 Å². The SMILES string of the molecule is COC(=O)CCCCNC(=O)CNC(=O)c1ccc(Cl)c(Cl)c1. The van der Waals surface area contributed by atoms with E-state index in [1.54, 1.807) is 0 Å². The maximum atomic E-state index is 11.9. The number of hydrogen-bond donors (Lipinski definition) is 2. The Morgan fingerprint density at radius 1 is 1.09 bits per heavy atom. The highest BCUT2D eigenvalue weighted by Gasteiger charge is 2.09. The zero-order chi connectivity index (χ0) is 17.2. The summed E-state index contributed by atoms with van der Waals surface area (Å²) < 4.78 is 4.51. The van der Waals surface area contributed by atoms with Gasteiger partial charge in [-0.15, -0.1) is 0 Å². The monoisotopic (exact) mass is 360 g/mol. The van der Waals surface area contributed by atoms with Gasteiger partial charge in [-0.3, -0.25) is 14.4 Å². The minimum Gasteiger partial charge on any atom is -0.469 e. The van der Waals surface area contributed by atoms with E-state index in [1.165, 1.54) is 25.3 Å². The van der Waals surface area contributed by atoms with E-state index in [0.717, 1.165) is 0 Å². The van der Waals surface area contributed by atoms with Gasteiger partial charge in [0.05, 0.1) is 23.7 Å². The van der Waals surface area contributed by atoms with Gasteiger partial charge in [0.2, 0.25) is 5.91 Å². The summed E-state index contributed by atoms with van der Waals surface area (Å²) in [5, 5.41) is 5.76. The third-order valence-electron chi connectivity index (χ3n) is 2.95. The smallest absolute Gasteiger partial charge is 0.305 e. The first-order chi connectivity index (χ1) is 10.9. The van der Waals surface area contributed by atoms with Crippen molar-refractivity contribution < 1.29 is 19.1 Å². The number of benzene rings is 1. The number of hydrogen-bond acceptors (Lipinski definition) is 4. The van der Waals surface area contributed by atoms with Gasteiger partial charge in [0.25, 0.3) is 5.91 Å². The van der Waals surface area contributed by atoms with Gasteiger partial charge in [0.15, 0.2) is 0 Å². The number of nitrogens with one attached hydrogen (secondary N) is 2. The van der Waals surface area contributed by atoms with Crippen molar-refractivity contribution in [2.75, 3.05) is 20.2 Å². The summed E-state index contributed by atoms with van der Waals surface area (Å²) >= 11 is 11.6. The first kappa shape index (κ1) is 19.3. The largest absolute Gasteiger partial charge is 0.469 e. The highest BCUT2D eigenvalue weighted by Crippen LogP contribution is 2.22. The van der Waals surface area contributed by atoms with Crippen molar-refractivity contribution in [3.8, 4) is 0 Å². The first-order valence-electron chi connectivity index (χ1n) is 7.00. The summed E-state index contributed by atoms with van der Waals surface area (Å²) in [6, 6.07) is 4.47. The molecule has 0 aliphatic carbocycles. The van der Waals surface area contributed by atoms with Gasteiger partial charge >= 0.3 is 5.97 Å². The fraction of sp³-hybridized carbons (Fsp3) is 0.400. The van der Waals surface area contributed by atoms with E-state index in [-0.39, 0.29) is 23.4 Å². The molecule has 0 spiro atoms. The molecular formula is C15H18Cl2N2O4. The Hall–Kier alpha value is -1.79. The van der Waals surface area contributed by atoms with E-state index in [0.29, 0.717) is 36.4 Å². The lowest BCUT2D eigenvalue weighted by atomic mass is 10.2. The van der Waals surface area contributed by atoms with Crippen molar-refractivity contribution >= 4 is 41.0 Å². The minimum absolute atomic E-state index is 0.143. The molecule has 23 heavy (non-hydrogen) atoms. The highest BCUT2D eigenvalue weighted by molar-refractivity contribution is 6.42. The molecule has 0 bridgehead atoms. The number of halogens is 2. The van der Waals surface area contributed by atoms with E-state index in [9.17, 15) is 14.4 Å². The molecule has 0 radical (unpaired) electrons. The Labute approximate surface area is 144 Å². The number of carbonyl (C=O) groups is 3. The third-order valence-corrected chi connectivity index (χ3v) is 3.69. The molecule has 2 amide bonds. The summed E-state index contributed by atoms with van der Waals surface area (Å²) in [7, 11) is 1.33. The van der Waals surface area contributed by atoms with Gasteiger partial charge in [-0.1, -0.05) is 23.2 Å². The van der Waals surface area contributed by atoms with Crippen molar-refractivity contribution in [3.63, 3.8) is 0 Å². The second kappa shape index (κ2) is 10.1. The van der Waals surface area contributed by atoms with Crippen LogP contribution in [0.4, 0.5) is 0 Å². The van der Waals surface area contributed by atoms with Crippen LogP contribution in [0, 0.1) is 0 Å². The number of carbonyl (C=O) groups excluding carboxylic acids is 3. The van der Waals surface area contributed by atoms with E-state index in [1.807, 2.05) is 0 Å². The number of ether oxygens (including phenoxy) is 1. The molecule has 1 aromatic rings. The molecule has 2 N–H and O–H groups in total. The summed E-state index contributed by atoms with van der Waals surface area (Å²) in [5.41, 5.74) is 0.324. The van der Waals surface area contributed by atoms with Crippen LogP contribution in [0.25, 0.3) is 0 Å². The Morgan fingerprint density at radius 3 is 2.48 bits per heavy atom. The lowest BCUT2D eigenvalue weighted by molar-refractivity contribution is -0.140. The molecule has 1 aromatic carbocycles. The van der Waals surface area contributed by atoms with Crippen LogP contribution in [0.15, 0.2) is 18.2 Å². The van der Waals surface area contributed by atoms with Crippen LogP contribution in [0.5, 0.6) is 0 Å². The maximum absolute atomic E-state index is 11.9. The molecule has 0 aromatic heterocycles. The van der Waals surface area contributed by atoms with Crippen molar-refractivity contribution in [1.29, 1.82) is 0 Å². The summed E-state index contributed by atoms with van der Waals surface area (Å²) in [5.74, 6) is -0.994. The second-order valence-corrected chi connectivity index (χ2v) is 5.51. The van der Waals surface area contributed by atoms with Gasteiger partial charge in [0.1, 0.15) is 0 Å². The Balaban J connectivity index is 2.23. The van der Waals surface area contributed by atoms with Crippen LogP contribution in [-0.4, -0.2) is 38.0 Å². The zero-order valence-corrected chi connectivity index (χ0v) is 14.2. The topological polar surface area (TPSA) is 84.5 Å². The molecule has 6 nitrogen and oxygen atoms in total. The van der Waals surface area contributed by atoms with E-state index >= 15 is 0 Å². The number of unbranched alkanes of at least 4 members (excludes halogenated alkanes) is 1. The fourth-order valence-corrected chi connectivity index (χ4v) is 1.98. The van der Waals surface area contributed by atoms with Gasteiger partial charge in [-0.2, -0.15) is 0 Å². The highest BCUT2D eigenvalue weighted by atomic mass is 35.5. The van der Waals surface area contributed by atoms with Crippen LogP contribution < -0.4 is 10.6 Å². The second-order valence-electron chi connectivity index (χ2n) is 4.69. The molecular weight excluding hydrogens is 343 g/mol. The molecule has 0 saturated heterocycles. The van der Waals surface area contributed by atoms with E-state index in [4.69, 9.17) is 23.2 Å². The molecule has 0 saturated carbocycles. The molecule has 0 unspecified atom stereocenters. The molecule has 8 heteroatoms. The van der Waals surface area contributed by atoms with Crippen molar-refractivity contribution in [2.24, 2.45) is 0 Å². The van der Waals surface area contributed by atoms with E-state index in [2.05, 4.69) is 15.4 Å². The molecule has 0 heterocycles. The maximum Gasteiger partial charge on any atom is 0.305 e. The lowest BCUT2D eigenvalue weighted by Gasteiger charge is -2.07. The summed E-state index contributed by atoms with van der Waals surface area (Å²) in [6.45, 7) is 0.286. The quantitative estimate of drug-likeness (QED) is 0.549.